The molecule has 1 aromatic carbocycles. The highest BCUT2D eigenvalue weighted by molar-refractivity contribution is 7.89. The molecule has 1 aliphatic rings. The van der Waals surface area contributed by atoms with E-state index in [-0.39, 0.29) is 17.5 Å². The monoisotopic (exact) mass is 367 g/mol. The van der Waals surface area contributed by atoms with Crippen molar-refractivity contribution < 1.29 is 17.2 Å². The van der Waals surface area contributed by atoms with Gasteiger partial charge in [0.05, 0.1) is 18.1 Å². The molecule has 136 valence electrons. The summed E-state index contributed by atoms with van der Waals surface area (Å²) >= 11 is 0. The first-order valence-corrected chi connectivity index (χ1v) is 10.1. The Morgan fingerprint density at radius 1 is 1.28 bits per heavy atom. The van der Waals surface area contributed by atoms with Crippen LogP contribution in [0.3, 0.4) is 0 Å². The summed E-state index contributed by atoms with van der Waals surface area (Å²) in [5.74, 6) is 0.739. The van der Waals surface area contributed by atoms with Crippen molar-refractivity contribution in [2.45, 2.75) is 38.5 Å². The molecule has 1 saturated heterocycles. The molecule has 1 atom stereocenters. The van der Waals surface area contributed by atoms with Gasteiger partial charge in [-0.25, -0.2) is 17.1 Å². The van der Waals surface area contributed by atoms with Gasteiger partial charge < -0.3 is 4.42 Å². The molecule has 2 aromatic rings. The van der Waals surface area contributed by atoms with Gasteiger partial charge in [-0.3, -0.25) is 0 Å². The summed E-state index contributed by atoms with van der Waals surface area (Å²) in [5.41, 5.74) is 0.882. The normalized spacial score (nSPS) is 19.2. The summed E-state index contributed by atoms with van der Waals surface area (Å²) in [6, 6.07) is 6.15. The molecule has 1 aliphatic heterocycles. The molecule has 0 aliphatic carbocycles. The Hall–Kier alpha value is -1.80. The number of piperidine rings is 1. The number of sulfonamides is 1. The van der Waals surface area contributed by atoms with Crippen LogP contribution in [0.15, 0.2) is 28.7 Å². The first kappa shape index (κ1) is 18.0. The Bertz CT molecular complexity index is 805. The fourth-order valence-electron chi connectivity index (χ4n) is 3.06. The summed E-state index contributed by atoms with van der Waals surface area (Å²) < 4.78 is 44.8. The Labute approximate surface area is 147 Å². The molecule has 3 rings (SSSR count). The van der Waals surface area contributed by atoms with Crippen LogP contribution in [0.5, 0.6) is 0 Å². The van der Waals surface area contributed by atoms with Crippen LogP contribution in [0.2, 0.25) is 0 Å². The van der Waals surface area contributed by atoms with Crippen LogP contribution >= 0.6 is 0 Å². The standard InChI is InChI=1S/C17H22FN3O3S/c1-2-10-25(22,23)21-9-3-4-14(12-21)17-20-19-16(24-17)11-13-5-7-15(18)8-6-13/h5-8,14H,2-4,9-12H2,1H3/t14-/m1/s1. The zero-order valence-electron chi connectivity index (χ0n) is 14.2. The van der Waals surface area contributed by atoms with Crippen molar-refractivity contribution in [3.63, 3.8) is 0 Å². The Morgan fingerprint density at radius 2 is 2.04 bits per heavy atom. The Kier molecular flexibility index (Phi) is 5.48. The van der Waals surface area contributed by atoms with E-state index in [1.54, 1.807) is 12.1 Å². The number of rotatable bonds is 6. The smallest absolute Gasteiger partial charge is 0.220 e. The second kappa shape index (κ2) is 7.61. The lowest BCUT2D eigenvalue weighted by molar-refractivity contribution is 0.281. The van der Waals surface area contributed by atoms with Crippen molar-refractivity contribution in [1.29, 1.82) is 0 Å². The minimum Gasteiger partial charge on any atom is -0.425 e. The number of nitrogens with zero attached hydrogens (tertiary/aromatic N) is 3. The lowest BCUT2D eigenvalue weighted by Crippen LogP contribution is -2.40. The first-order valence-electron chi connectivity index (χ1n) is 8.52. The highest BCUT2D eigenvalue weighted by Gasteiger charge is 2.31. The maximum Gasteiger partial charge on any atom is 0.220 e. The molecule has 0 unspecified atom stereocenters. The lowest BCUT2D eigenvalue weighted by atomic mass is 10.00. The molecule has 0 radical (unpaired) electrons. The van der Waals surface area contributed by atoms with E-state index in [4.69, 9.17) is 4.42 Å². The quantitative estimate of drug-likeness (QED) is 0.785. The summed E-state index contributed by atoms with van der Waals surface area (Å²) in [6.07, 6.45) is 2.64. The molecule has 0 bridgehead atoms. The van der Waals surface area contributed by atoms with Gasteiger partial charge in [0, 0.05) is 13.1 Å². The van der Waals surface area contributed by atoms with Gasteiger partial charge in [-0.1, -0.05) is 19.1 Å². The van der Waals surface area contributed by atoms with Gasteiger partial charge in [-0.2, -0.15) is 0 Å². The van der Waals surface area contributed by atoms with E-state index < -0.39 is 10.0 Å². The zero-order chi connectivity index (χ0) is 17.9. The van der Waals surface area contributed by atoms with Crippen molar-refractivity contribution >= 4 is 10.0 Å². The topological polar surface area (TPSA) is 76.3 Å². The van der Waals surface area contributed by atoms with Crippen LogP contribution in [0.4, 0.5) is 4.39 Å². The second-order valence-corrected chi connectivity index (χ2v) is 8.44. The third-order valence-corrected chi connectivity index (χ3v) is 6.38. The van der Waals surface area contributed by atoms with Crippen molar-refractivity contribution in [2.75, 3.05) is 18.8 Å². The van der Waals surface area contributed by atoms with Crippen LogP contribution < -0.4 is 0 Å². The van der Waals surface area contributed by atoms with Gasteiger partial charge in [0.25, 0.3) is 0 Å². The highest BCUT2D eigenvalue weighted by Crippen LogP contribution is 2.28. The van der Waals surface area contributed by atoms with E-state index in [1.807, 2.05) is 6.92 Å². The third kappa shape index (κ3) is 4.43. The van der Waals surface area contributed by atoms with Gasteiger partial charge in [0.1, 0.15) is 5.82 Å². The molecule has 2 heterocycles. The number of hydrogen-bond donors (Lipinski definition) is 0. The zero-order valence-corrected chi connectivity index (χ0v) is 15.0. The predicted octanol–water partition coefficient (Wildman–Crippen LogP) is 2.72. The number of benzene rings is 1. The molecule has 0 saturated carbocycles. The average Bonchev–Trinajstić information content (AvgIpc) is 3.06. The fourth-order valence-corrected chi connectivity index (χ4v) is 4.65. The Balaban J connectivity index is 1.68. The molecule has 1 aromatic heterocycles. The molecule has 25 heavy (non-hydrogen) atoms. The first-order chi connectivity index (χ1) is 12.0. The van der Waals surface area contributed by atoms with Crippen molar-refractivity contribution in [3.05, 3.63) is 47.4 Å². The van der Waals surface area contributed by atoms with Gasteiger partial charge >= 0.3 is 0 Å². The van der Waals surface area contributed by atoms with Crippen molar-refractivity contribution in [1.82, 2.24) is 14.5 Å². The van der Waals surface area contributed by atoms with Crippen LogP contribution in [0.1, 0.15) is 49.4 Å². The van der Waals surface area contributed by atoms with Gasteiger partial charge in [-0.15, -0.1) is 10.2 Å². The lowest BCUT2D eigenvalue weighted by Gasteiger charge is -2.30. The minimum atomic E-state index is -3.21. The maximum atomic E-state index is 13.0. The number of halogens is 1. The summed E-state index contributed by atoms with van der Waals surface area (Å²) in [4.78, 5) is 0. The van der Waals surface area contributed by atoms with E-state index in [1.165, 1.54) is 16.4 Å². The van der Waals surface area contributed by atoms with Crippen molar-refractivity contribution in [2.24, 2.45) is 0 Å². The van der Waals surface area contributed by atoms with E-state index >= 15 is 0 Å². The van der Waals surface area contributed by atoms with E-state index in [2.05, 4.69) is 10.2 Å². The molecule has 6 nitrogen and oxygen atoms in total. The van der Waals surface area contributed by atoms with Gasteiger partial charge in [-0.05, 0) is 37.0 Å². The van der Waals surface area contributed by atoms with E-state index in [9.17, 15) is 12.8 Å². The third-order valence-electron chi connectivity index (χ3n) is 4.34. The Morgan fingerprint density at radius 3 is 2.76 bits per heavy atom. The SMILES string of the molecule is CCCS(=O)(=O)N1CCC[C@@H](c2nnc(Cc3ccc(F)cc3)o2)C1. The predicted molar refractivity (Wildman–Crippen MR) is 91.1 cm³/mol. The molecule has 8 heteroatoms. The molecule has 1 fully saturated rings. The van der Waals surface area contributed by atoms with Gasteiger partial charge in [0.15, 0.2) is 0 Å². The second-order valence-electron chi connectivity index (χ2n) is 6.35. The number of hydrogen-bond acceptors (Lipinski definition) is 5. The maximum absolute atomic E-state index is 13.0. The van der Waals surface area contributed by atoms with E-state index in [0.29, 0.717) is 37.7 Å². The summed E-state index contributed by atoms with van der Waals surface area (Å²) in [5, 5.41) is 8.16. The molecular formula is C17H22FN3O3S. The average molecular weight is 367 g/mol. The fraction of sp³-hybridized carbons (Fsp3) is 0.529. The van der Waals surface area contributed by atoms with E-state index in [0.717, 1.165) is 18.4 Å². The van der Waals surface area contributed by atoms with Crippen LogP contribution in [0.25, 0.3) is 0 Å². The van der Waals surface area contributed by atoms with Crippen LogP contribution in [0, 0.1) is 5.82 Å². The molecule has 0 N–H and O–H groups in total. The highest BCUT2D eigenvalue weighted by atomic mass is 32.2. The van der Waals surface area contributed by atoms with Crippen molar-refractivity contribution in [3.8, 4) is 0 Å². The van der Waals surface area contributed by atoms with Crippen LogP contribution in [-0.2, 0) is 16.4 Å². The molecule has 0 spiro atoms. The molecular weight excluding hydrogens is 345 g/mol. The van der Waals surface area contributed by atoms with Gasteiger partial charge in [0.2, 0.25) is 21.8 Å². The minimum absolute atomic E-state index is 0.0742. The van der Waals surface area contributed by atoms with Crippen LogP contribution in [-0.4, -0.2) is 41.8 Å². The largest absolute Gasteiger partial charge is 0.425 e. The number of aromatic nitrogens is 2. The molecule has 0 amide bonds. The summed E-state index contributed by atoms with van der Waals surface area (Å²) in [6.45, 7) is 2.80. The summed E-state index contributed by atoms with van der Waals surface area (Å²) in [7, 11) is -3.21.